The molecule has 0 radical (unpaired) electrons. The van der Waals surface area contributed by atoms with Gasteiger partial charge in [-0.2, -0.15) is 0 Å². The van der Waals surface area contributed by atoms with Crippen molar-refractivity contribution in [2.24, 2.45) is 7.05 Å². The average molecular weight is 403 g/mol. The van der Waals surface area contributed by atoms with Gasteiger partial charge in [0.25, 0.3) is 11.5 Å². The lowest BCUT2D eigenvalue weighted by Crippen LogP contribution is -2.67. The van der Waals surface area contributed by atoms with Gasteiger partial charge in [0.15, 0.2) is 0 Å². The summed E-state index contributed by atoms with van der Waals surface area (Å²) in [5.41, 5.74) is 0.267. The lowest BCUT2D eigenvalue weighted by Gasteiger charge is -2.56. The maximum atomic E-state index is 13.6. The second-order valence-electron chi connectivity index (χ2n) is 8.18. The second-order valence-corrected chi connectivity index (χ2v) is 9.18. The van der Waals surface area contributed by atoms with Crippen LogP contribution in [0.5, 0.6) is 0 Å². The summed E-state index contributed by atoms with van der Waals surface area (Å²) in [5.74, 6) is 0.0381. The van der Waals surface area contributed by atoms with Crippen LogP contribution in [0.3, 0.4) is 0 Å². The van der Waals surface area contributed by atoms with E-state index in [-0.39, 0.29) is 29.0 Å². The van der Waals surface area contributed by atoms with Crippen molar-refractivity contribution in [2.75, 3.05) is 13.1 Å². The fourth-order valence-electron chi connectivity index (χ4n) is 5.05. The third-order valence-electron chi connectivity index (χ3n) is 6.50. The molecule has 2 aliphatic heterocycles. The molecule has 150 valence electrons. The molecule has 2 aromatic heterocycles. The predicted molar refractivity (Wildman–Crippen MR) is 109 cm³/mol. The Morgan fingerprint density at radius 2 is 2.04 bits per heavy atom. The van der Waals surface area contributed by atoms with Gasteiger partial charge in [-0.05, 0) is 45.1 Å². The minimum atomic E-state index is -0.322. The van der Waals surface area contributed by atoms with Crippen LogP contribution in [0.25, 0.3) is 10.2 Å². The van der Waals surface area contributed by atoms with Gasteiger partial charge in [-0.1, -0.05) is 0 Å². The van der Waals surface area contributed by atoms with Crippen LogP contribution in [0.1, 0.15) is 54.8 Å². The van der Waals surface area contributed by atoms with Gasteiger partial charge in [0, 0.05) is 27.1 Å². The van der Waals surface area contributed by atoms with E-state index in [9.17, 15) is 14.4 Å². The molecule has 0 N–H and O–H groups in total. The Kier molecular flexibility index (Phi) is 4.56. The van der Waals surface area contributed by atoms with Crippen LogP contribution in [0.4, 0.5) is 0 Å². The van der Waals surface area contributed by atoms with Gasteiger partial charge < -0.3 is 14.4 Å². The molecule has 0 aromatic carbocycles. The van der Waals surface area contributed by atoms with Crippen LogP contribution in [0, 0.1) is 6.92 Å². The standard InChI is InChI=1S/C20H26N4O3S/c1-12-15-17(21-11-22(4)18(15)26)28-16(12)19(27)23-9-6-8-20(3)14(23)7-5-10-24(20)13(2)25/h11,14H,5-10H2,1-4H3/t14-,20+/m1/s1. The molecule has 0 spiro atoms. The number of hydrogen-bond acceptors (Lipinski definition) is 5. The first kappa shape index (κ1) is 19.1. The van der Waals surface area contributed by atoms with Crippen molar-refractivity contribution < 1.29 is 9.59 Å². The molecule has 2 fully saturated rings. The summed E-state index contributed by atoms with van der Waals surface area (Å²) in [4.78, 5) is 47.7. The van der Waals surface area contributed by atoms with Crippen molar-refractivity contribution in [3.63, 3.8) is 0 Å². The van der Waals surface area contributed by atoms with Gasteiger partial charge in [0.1, 0.15) is 4.83 Å². The Hall–Kier alpha value is -2.22. The number of piperidine rings is 2. The molecule has 2 amide bonds. The van der Waals surface area contributed by atoms with Gasteiger partial charge in [0.2, 0.25) is 5.91 Å². The Bertz CT molecular complexity index is 1030. The molecule has 28 heavy (non-hydrogen) atoms. The zero-order chi connectivity index (χ0) is 20.2. The third-order valence-corrected chi connectivity index (χ3v) is 7.69. The van der Waals surface area contributed by atoms with Crippen LogP contribution < -0.4 is 5.56 Å². The van der Waals surface area contributed by atoms with Crippen molar-refractivity contribution in [3.8, 4) is 0 Å². The van der Waals surface area contributed by atoms with E-state index in [0.717, 1.165) is 32.2 Å². The second kappa shape index (κ2) is 6.69. The molecular formula is C20H26N4O3S. The van der Waals surface area contributed by atoms with Gasteiger partial charge in [-0.15, -0.1) is 11.3 Å². The Balaban J connectivity index is 1.75. The highest BCUT2D eigenvalue weighted by atomic mass is 32.1. The first-order valence-corrected chi connectivity index (χ1v) is 10.6. The van der Waals surface area contributed by atoms with Crippen molar-refractivity contribution in [3.05, 3.63) is 27.1 Å². The average Bonchev–Trinajstić information content (AvgIpc) is 2.99. The summed E-state index contributed by atoms with van der Waals surface area (Å²) in [6, 6.07) is 0.00630. The quantitative estimate of drug-likeness (QED) is 0.734. The van der Waals surface area contributed by atoms with Crippen molar-refractivity contribution in [2.45, 2.75) is 58.0 Å². The summed E-state index contributed by atoms with van der Waals surface area (Å²) in [7, 11) is 1.67. The van der Waals surface area contributed by atoms with E-state index >= 15 is 0 Å². The Morgan fingerprint density at radius 1 is 1.29 bits per heavy atom. The molecule has 4 rings (SSSR count). The molecule has 4 heterocycles. The Labute approximate surface area is 168 Å². The molecular weight excluding hydrogens is 376 g/mol. The summed E-state index contributed by atoms with van der Waals surface area (Å²) >= 11 is 1.30. The summed E-state index contributed by atoms with van der Waals surface area (Å²) in [6.45, 7) is 7.01. The monoisotopic (exact) mass is 402 g/mol. The number of nitrogens with zero attached hydrogens (tertiary/aromatic N) is 4. The maximum absolute atomic E-state index is 13.6. The molecule has 0 saturated carbocycles. The number of likely N-dealkylation sites (tertiary alicyclic amines) is 2. The van der Waals surface area contributed by atoms with Crippen LogP contribution in [-0.2, 0) is 11.8 Å². The highest BCUT2D eigenvalue weighted by Gasteiger charge is 2.49. The van der Waals surface area contributed by atoms with E-state index in [2.05, 4.69) is 11.9 Å². The minimum Gasteiger partial charge on any atom is -0.335 e. The van der Waals surface area contributed by atoms with E-state index in [1.165, 1.54) is 22.2 Å². The van der Waals surface area contributed by atoms with Crippen LogP contribution in [0.15, 0.2) is 11.1 Å². The normalized spacial score (nSPS) is 25.1. The van der Waals surface area contributed by atoms with E-state index in [0.29, 0.717) is 27.2 Å². The SMILES string of the molecule is CC(=O)N1CCC[C@H]2N(C(=O)c3sc4ncn(C)c(=O)c4c3C)CCC[C@@]21C. The first-order valence-electron chi connectivity index (χ1n) is 9.79. The van der Waals surface area contributed by atoms with E-state index in [4.69, 9.17) is 0 Å². The van der Waals surface area contributed by atoms with Gasteiger partial charge >= 0.3 is 0 Å². The van der Waals surface area contributed by atoms with E-state index < -0.39 is 0 Å². The van der Waals surface area contributed by atoms with Crippen molar-refractivity contribution in [1.29, 1.82) is 0 Å². The Morgan fingerprint density at radius 3 is 2.75 bits per heavy atom. The largest absolute Gasteiger partial charge is 0.335 e. The highest BCUT2D eigenvalue weighted by molar-refractivity contribution is 7.20. The number of carbonyl (C=O) groups excluding carboxylic acids is 2. The molecule has 2 aromatic rings. The summed E-state index contributed by atoms with van der Waals surface area (Å²) in [6.07, 6.45) is 5.08. The number of thiophene rings is 1. The molecule has 0 unspecified atom stereocenters. The molecule has 0 bridgehead atoms. The maximum Gasteiger partial charge on any atom is 0.264 e. The smallest absolute Gasteiger partial charge is 0.264 e. The van der Waals surface area contributed by atoms with E-state index in [1.54, 1.807) is 14.0 Å². The topological polar surface area (TPSA) is 75.5 Å². The van der Waals surface area contributed by atoms with Gasteiger partial charge in [-0.25, -0.2) is 4.98 Å². The summed E-state index contributed by atoms with van der Waals surface area (Å²) < 4.78 is 1.44. The number of rotatable bonds is 1. The lowest BCUT2D eigenvalue weighted by molar-refractivity contribution is -0.143. The van der Waals surface area contributed by atoms with Crippen LogP contribution in [-0.4, -0.2) is 55.8 Å². The highest BCUT2D eigenvalue weighted by Crippen LogP contribution is 2.40. The predicted octanol–water partition coefficient (Wildman–Crippen LogP) is 2.31. The van der Waals surface area contributed by atoms with Crippen LogP contribution in [0.2, 0.25) is 0 Å². The van der Waals surface area contributed by atoms with Gasteiger partial charge in [0.05, 0.1) is 28.2 Å². The lowest BCUT2D eigenvalue weighted by atomic mass is 9.76. The first-order chi connectivity index (χ1) is 13.3. The fourth-order valence-corrected chi connectivity index (χ4v) is 6.14. The van der Waals surface area contributed by atoms with Gasteiger partial charge in [-0.3, -0.25) is 14.4 Å². The molecule has 2 atom stereocenters. The van der Waals surface area contributed by atoms with Crippen molar-refractivity contribution >= 4 is 33.4 Å². The number of aryl methyl sites for hydroxylation is 2. The minimum absolute atomic E-state index is 0.00630. The molecule has 0 aliphatic carbocycles. The zero-order valence-corrected chi connectivity index (χ0v) is 17.6. The molecule has 2 aliphatic rings. The molecule has 2 saturated heterocycles. The number of hydrogen-bond donors (Lipinski definition) is 0. The summed E-state index contributed by atoms with van der Waals surface area (Å²) in [5, 5.41) is 0.534. The van der Waals surface area contributed by atoms with Crippen LogP contribution >= 0.6 is 11.3 Å². The third kappa shape index (κ3) is 2.69. The fraction of sp³-hybridized carbons (Fsp3) is 0.600. The molecule has 7 nitrogen and oxygen atoms in total. The number of aromatic nitrogens is 2. The molecule has 8 heteroatoms. The number of fused-ring (bicyclic) bond motifs is 2. The van der Waals surface area contributed by atoms with Crippen molar-refractivity contribution in [1.82, 2.24) is 19.4 Å². The number of carbonyl (C=O) groups is 2. The number of amides is 2. The zero-order valence-electron chi connectivity index (χ0n) is 16.8. The van der Waals surface area contributed by atoms with E-state index in [1.807, 2.05) is 16.7 Å².